The van der Waals surface area contributed by atoms with Crippen LogP contribution in [0.2, 0.25) is 0 Å². The van der Waals surface area contributed by atoms with Crippen molar-refractivity contribution in [1.82, 2.24) is 4.57 Å². The average molecular weight is 677 g/mol. The molecule has 11 rings (SSSR count). The monoisotopic (exact) mass is 676 g/mol. The maximum atomic E-state index is 6.90. The summed E-state index contributed by atoms with van der Waals surface area (Å²) >= 11 is 0. The number of aromatic nitrogens is 1. The van der Waals surface area contributed by atoms with Crippen LogP contribution in [0, 0.1) is 0 Å². The van der Waals surface area contributed by atoms with E-state index < -0.39 is 0 Å². The highest BCUT2D eigenvalue weighted by Gasteiger charge is 2.24. The molecule has 0 spiro atoms. The van der Waals surface area contributed by atoms with E-state index in [9.17, 15) is 0 Å². The molecule has 0 N–H and O–H groups in total. The molecule has 0 saturated heterocycles. The summed E-state index contributed by atoms with van der Waals surface area (Å²) in [6.07, 6.45) is 0. The molecule has 0 atom stereocenters. The van der Waals surface area contributed by atoms with Gasteiger partial charge in [0.05, 0.1) is 22.1 Å². The second kappa shape index (κ2) is 11.7. The Morgan fingerprint density at radius 1 is 0.396 bits per heavy atom. The number of fused-ring (bicyclic) bond motifs is 9. The molecule has 0 amide bonds. The van der Waals surface area contributed by atoms with Crippen molar-refractivity contribution in [3.8, 4) is 16.8 Å². The van der Waals surface area contributed by atoms with Gasteiger partial charge >= 0.3 is 0 Å². The zero-order valence-corrected chi connectivity index (χ0v) is 28.8. The van der Waals surface area contributed by atoms with Crippen LogP contribution in [-0.2, 0) is 0 Å². The molecule has 3 nitrogen and oxygen atoms in total. The Morgan fingerprint density at radius 3 is 1.92 bits per heavy atom. The van der Waals surface area contributed by atoms with Crippen LogP contribution in [0.1, 0.15) is 0 Å². The highest BCUT2D eigenvalue weighted by molar-refractivity contribution is 6.25. The minimum absolute atomic E-state index is 0.856. The zero-order valence-electron chi connectivity index (χ0n) is 28.8. The topological polar surface area (TPSA) is 21.3 Å². The fourth-order valence-electron chi connectivity index (χ4n) is 8.41. The molecule has 0 aliphatic rings. The minimum Gasteiger partial charge on any atom is -0.456 e. The third-order valence-corrected chi connectivity index (χ3v) is 10.7. The highest BCUT2D eigenvalue weighted by Crippen LogP contribution is 2.48. The van der Waals surface area contributed by atoms with Crippen molar-refractivity contribution in [3.05, 3.63) is 194 Å². The van der Waals surface area contributed by atoms with Crippen molar-refractivity contribution in [2.45, 2.75) is 0 Å². The molecule has 0 aliphatic carbocycles. The van der Waals surface area contributed by atoms with Crippen molar-refractivity contribution >= 4 is 82.4 Å². The van der Waals surface area contributed by atoms with E-state index >= 15 is 0 Å². The van der Waals surface area contributed by atoms with E-state index in [1.54, 1.807) is 0 Å². The van der Waals surface area contributed by atoms with Gasteiger partial charge in [0.15, 0.2) is 0 Å². The molecule has 3 heteroatoms. The Morgan fingerprint density at radius 2 is 1.08 bits per heavy atom. The van der Waals surface area contributed by atoms with Gasteiger partial charge in [0.1, 0.15) is 11.2 Å². The van der Waals surface area contributed by atoms with Gasteiger partial charge in [-0.25, -0.2) is 0 Å². The minimum atomic E-state index is 0.856. The maximum absolute atomic E-state index is 6.90. The van der Waals surface area contributed by atoms with Gasteiger partial charge in [0, 0.05) is 33.2 Å². The molecule has 0 saturated carbocycles. The quantitative estimate of drug-likeness (QED) is 0.181. The molecule has 0 bridgehead atoms. The van der Waals surface area contributed by atoms with Gasteiger partial charge < -0.3 is 13.9 Å². The van der Waals surface area contributed by atoms with Crippen LogP contribution in [0.4, 0.5) is 17.1 Å². The molecule has 0 fully saturated rings. The van der Waals surface area contributed by atoms with Crippen LogP contribution in [0.15, 0.2) is 199 Å². The van der Waals surface area contributed by atoms with Gasteiger partial charge in [-0.15, -0.1) is 0 Å². The van der Waals surface area contributed by atoms with E-state index in [4.69, 9.17) is 4.42 Å². The summed E-state index contributed by atoms with van der Waals surface area (Å²) in [4.78, 5) is 2.41. The molecule has 248 valence electrons. The molecule has 0 aliphatic heterocycles. The Bertz CT molecular complexity index is 3170. The second-order valence-electron chi connectivity index (χ2n) is 13.7. The highest BCUT2D eigenvalue weighted by atomic mass is 16.3. The summed E-state index contributed by atoms with van der Waals surface area (Å²) in [7, 11) is 0. The number of hydrogen-bond donors (Lipinski definition) is 0. The fourth-order valence-corrected chi connectivity index (χ4v) is 8.41. The SMILES string of the molecule is c1ccc(N(c2ccc3ccccc3c2)c2cc(-c3cccc4c3c3ccccc3n4-c3ccccc3)cc3oc4ccc5ccccc5c4c23)cc1. The molecular formula is C50H32N2O. The molecule has 53 heavy (non-hydrogen) atoms. The van der Waals surface area contributed by atoms with Gasteiger partial charge in [0.2, 0.25) is 0 Å². The lowest BCUT2D eigenvalue weighted by molar-refractivity contribution is 0.669. The summed E-state index contributed by atoms with van der Waals surface area (Å²) in [5.74, 6) is 0. The Kier molecular flexibility index (Phi) is 6.55. The van der Waals surface area contributed by atoms with Crippen molar-refractivity contribution in [2.75, 3.05) is 4.90 Å². The van der Waals surface area contributed by atoms with Crippen molar-refractivity contribution < 1.29 is 4.42 Å². The van der Waals surface area contributed by atoms with Crippen LogP contribution in [-0.4, -0.2) is 4.57 Å². The van der Waals surface area contributed by atoms with Crippen LogP contribution in [0.5, 0.6) is 0 Å². The first-order valence-corrected chi connectivity index (χ1v) is 18.1. The van der Waals surface area contributed by atoms with Gasteiger partial charge in [0.25, 0.3) is 0 Å². The summed E-state index contributed by atoms with van der Waals surface area (Å²) in [5, 5.41) is 9.43. The third kappa shape index (κ3) is 4.61. The second-order valence-corrected chi connectivity index (χ2v) is 13.7. The van der Waals surface area contributed by atoms with E-state index in [0.717, 1.165) is 55.8 Å². The van der Waals surface area contributed by atoms with Crippen LogP contribution in [0.25, 0.3) is 82.1 Å². The number of nitrogens with zero attached hydrogens (tertiary/aromatic N) is 2. The lowest BCUT2D eigenvalue weighted by Crippen LogP contribution is -2.10. The van der Waals surface area contributed by atoms with E-state index in [1.165, 1.54) is 43.4 Å². The van der Waals surface area contributed by atoms with E-state index in [0.29, 0.717) is 0 Å². The summed E-state index contributed by atoms with van der Waals surface area (Å²) < 4.78 is 9.28. The van der Waals surface area contributed by atoms with E-state index in [1.807, 2.05) is 0 Å². The van der Waals surface area contributed by atoms with Gasteiger partial charge in [-0.2, -0.15) is 0 Å². The number of furan rings is 1. The van der Waals surface area contributed by atoms with E-state index in [-0.39, 0.29) is 0 Å². The molecule has 11 aromatic rings. The largest absolute Gasteiger partial charge is 0.456 e. The van der Waals surface area contributed by atoms with Gasteiger partial charge in [-0.05, 0) is 99.4 Å². The molecule has 0 radical (unpaired) electrons. The predicted octanol–water partition coefficient (Wildman–Crippen LogP) is 14.1. The first-order valence-electron chi connectivity index (χ1n) is 18.1. The standard InChI is InChI=1S/C50H32N2O/c1-3-17-37(18-4-1)51(39-28-26-33-14-7-8-16-35(33)30-39)45-31-36(32-47-50(45)49-40-21-10-9-15-34(40)27-29-46(49)53-47)41-23-13-25-44-48(41)42-22-11-12-24-43(42)52(44)38-19-5-2-6-20-38/h1-32H. The first-order chi connectivity index (χ1) is 26.3. The molecule has 2 heterocycles. The molecular weight excluding hydrogens is 645 g/mol. The number of anilines is 3. The normalized spacial score (nSPS) is 11.8. The first kappa shape index (κ1) is 29.6. The lowest BCUT2D eigenvalue weighted by Gasteiger charge is -2.27. The van der Waals surface area contributed by atoms with Crippen LogP contribution < -0.4 is 4.90 Å². The third-order valence-electron chi connectivity index (χ3n) is 10.7. The number of hydrogen-bond acceptors (Lipinski definition) is 2. The lowest BCUT2D eigenvalue weighted by atomic mass is 9.95. The number of para-hydroxylation sites is 3. The van der Waals surface area contributed by atoms with Crippen molar-refractivity contribution in [2.24, 2.45) is 0 Å². The average Bonchev–Trinajstić information content (AvgIpc) is 3.78. The van der Waals surface area contributed by atoms with Crippen LogP contribution >= 0.6 is 0 Å². The molecule has 2 aromatic heterocycles. The molecule has 0 unspecified atom stereocenters. The molecule has 9 aromatic carbocycles. The van der Waals surface area contributed by atoms with Crippen molar-refractivity contribution in [3.63, 3.8) is 0 Å². The summed E-state index contributed by atoms with van der Waals surface area (Å²) in [6.45, 7) is 0. The van der Waals surface area contributed by atoms with Crippen LogP contribution in [0.3, 0.4) is 0 Å². The number of rotatable bonds is 5. The van der Waals surface area contributed by atoms with Gasteiger partial charge in [-0.3, -0.25) is 0 Å². The smallest absolute Gasteiger partial charge is 0.138 e. The Labute approximate surface area is 306 Å². The fraction of sp³-hybridized carbons (Fsp3) is 0. The predicted molar refractivity (Wildman–Crippen MR) is 223 cm³/mol. The van der Waals surface area contributed by atoms with Gasteiger partial charge in [-0.1, -0.05) is 127 Å². The zero-order chi connectivity index (χ0) is 34.9. The van der Waals surface area contributed by atoms with Crippen molar-refractivity contribution in [1.29, 1.82) is 0 Å². The summed E-state index contributed by atoms with van der Waals surface area (Å²) in [5.41, 5.74) is 10.7. The number of benzene rings is 9. The Balaban J connectivity index is 1.28. The maximum Gasteiger partial charge on any atom is 0.138 e. The summed E-state index contributed by atoms with van der Waals surface area (Å²) in [6, 6.07) is 69.7. The van der Waals surface area contributed by atoms with E-state index in [2.05, 4.69) is 204 Å². The Hall–Kier alpha value is -7.10.